The van der Waals surface area contributed by atoms with Crippen LogP contribution in [0.15, 0.2) is 35.7 Å². The Hall–Kier alpha value is -1.35. The second kappa shape index (κ2) is 5.51. The first-order valence-corrected chi connectivity index (χ1v) is 5.65. The van der Waals surface area contributed by atoms with Crippen LogP contribution in [0.5, 0.6) is 0 Å². The first-order chi connectivity index (χ1) is 7.20. The smallest absolute Gasteiger partial charge is 0.338 e. The molecule has 0 saturated carbocycles. The molecule has 0 fully saturated rings. The van der Waals surface area contributed by atoms with Crippen molar-refractivity contribution < 1.29 is 9.53 Å². The van der Waals surface area contributed by atoms with Gasteiger partial charge in [0.05, 0.1) is 12.2 Å². The molecule has 0 unspecified atom stereocenters. The molecule has 1 rings (SSSR count). The summed E-state index contributed by atoms with van der Waals surface area (Å²) < 4.78 is 4.91. The zero-order chi connectivity index (χ0) is 11.3. The first kappa shape index (κ1) is 11.7. The summed E-state index contributed by atoms with van der Waals surface area (Å²) in [6.45, 7) is 7.81. The van der Waals surface area contributed by atoms with Crippen LogP contribution in [0.2, 0.25) is 0 Å². The average Bonchev–Trinajstić information content (AvgIpc) is 2.72. The Labute approximate surface area is 93.9 Å². The van der Waals surface area contributed by atoms with E-state index < -0.39 is 0 Å². The van der Waals surface area contributed by atoms with Crippen LogP contribution in [0.25, 0.3) is 5.57 Å². The fourth-order valence-corrected chi connectivity index (χ4v) is 2.05. The van der Waals surface area contributed by atoms with E-state index in [0.29, 0.717) is 12.2 Å². The second-order valence-corrected chi connectivity index (χ2v) is 3.83. The molecule has 0 aliphatic carbocycles. The summed E-state index contributed by atoms with van der Waals surface area (Å²) in [5, 5.41) is 1.97. The van der Waals surface area contributed by atoms with E-state index in [0.717, 1.165) is 10.5 Å². The van der Waals surface area contributed by atoms with Crippen molar-refractivity contribution in [1.82, 2.24) is 0 Å². The Morgan fingerprint density at radius 2 is 2.40 bits per heavy atom. The van der Waals surface area contributed by atoms with Gasteiger partial charge in [0.25, 0.3) is 0 Å². The number of carbonyl (C=O) groups is 1. The lowest BCUT2D eigenvalue weighted by Crippen LogP contribution is -2.07. The van der Waals surface area contributed by atoms with Crippen molar-refractivity contribution >= 4 is 22.9 Å². The zero-order valence-corrected chi connectivity index (χ0v) is 9.76. The molecule has 0 saturated heterocycles. The molecule has 1 aromatic rings. The molecular formula is C12H14O2S. The van der Waals surface area contributed by atoms with E-state index in [2.05, 4.69) is 6.58 Å². The van der Waals surface area contributed by atoms with Gasteiger partial charge in [0.1, 0.15) is 0 Å². The minimum atomic E-state index is -0.348. The van der Waals surface area contributed by atoms with Gasteiger partial charge >= 0.3 is 5.97 Å². The average molecular weight is 222 g/mol. The van der Waals surface area contributed by atoms with Gasteiger partial charge in [-0.2, -0.15) is 0 Å². The fraction of sp³-hybridized carbons (Fsp3) is 0.250. The number of thiophene rings is 1. The molecule has 15 heavy (non-hydrogen) atoms. The van der Waals surface area contributed by atoms with Gasteiger partial charge < -0.3 is 4.74 Å². The number of allylic oxidation sites excluding steroid dienone is 1. The molecule has 0 N–H and O–H groups in total. The zero-order valence-electron chi connectivity index (χ0n) is 8.95. The molecule has 0 spiro atoms. The van der Waals surface area contributed by atoms with Gasteiger partial charge in [-0.1, -0.05) is 18.7 Å². The third-order valence-electron chi connectivity index (χ3n) is 1.92. The number of hydrogen-bond acceptors (Lipinski definition) is 3. The molecular weight excluding hydrogens is 208 g/mol. The molecule has 0 aromatic carbocycles. The summed E-state index contributed by atoms with van der Waals surface area (Å²) in [4.78, 5) is 12.5. The summed E-state index contributed by atoms with van der Waals surface area (Å²) >= 11 is 1.58. The highest BCUT2D eigenvalue weighted by Gasteiger charge is 2.14. The molecule has 1 aromatic heterocycles. The molecule has 0 radical (unpaired) electrons. The predicted molar refractivity (Wildman–Crippen MR) is 63.7 cm³/mol. The number of esters is 1. The molecule has 3 heteroatoms. The molecule has 0 aliphatic rings. The van der Waals surface area contributed by atoms with Gasteiger partial charge in [-0.05, 0) is 25.3 Å². The topological polar surface area (TPSA) is 26.3 Å². The minimum absolute atomic E-state index is 0.348. The summed E-state index contributed by atoms with van der Waals surface area (Å²) in [5.74, 6) is -0.348. The summed E-state index contributed by atoms with van der Waals surface area (Å²) in [6.07, 6.45) is 1.88. The van der Waals surface area contributed by atoms with E-state index in [-0.39, 0.29) is 5.97 Å². The van der Waals surface area contributed by atoms with Crippen molar-refractivity contribution in [2.24, 2.45) is 0 Å². The third-order valence-corrected chi connectivity index (χ3v) is 2.83. The summed E-state index contributed by atoms with van der Waals surface area (Å²) in [7, 11) is 0. The maximum Gasteiger partial charge on any atom is 0.338 e. The fourth-order valence-electron chi connectivity index (χ4n) is 1.23. The van der Waals surface area contributed by atoms with Crippen molar-refractivity contribution in [1.29, 1.82) is 0 Å². The summed E-state index contributed by atoms with van der Waals surface area (Å²) in [6, 6.07) is 3.91. The Kier molecular flexibility index (Phi) is 4.31. The Morgan fingerprint density at radius 3 is 2.87 bits per heavy atom. The molecule has 0 amide bonds. The molecule has 0 aliphatic heterocycles. The third kappa shape index (κ3) is 2.80. The monoisotopic (exact) mass is 222 g/mol. The normalized spacial score (nSPS) is 11.2. The van der Waals surface area contributed by atoms with E-state index >= 15 is 0 Å². The summed E-state index contributed by atoms with van der Waals surface area (Å²) in [5.41, 5.74) is 1.27. The lowest BCUT2D eigenvalue weighted by molar-refractivity contribution is -0.137. The van der Waals surface area contributed by atoms with Gasteiger partial charge in [-0.25, -0.2) is 4.79 Å². The minimum Gasteiger partial charge on any atom is -0.462 e. The van der Waals surface area contributed by atoms with Gasteiger partial charge in [-0.3, -0.25) is 0 Å². The van der Waals surface area contributed by atoms with Crippen LogP contribution < -0.4 is 0 Å². The van der Waals surface area contributed by atoms with Gasteiger partial charge in [0, 0.05) is 10.5 Å². The lowest BCUT2D eigenvalue weighted by atomic mass is 10.1. The molecule has 2 nitrogen and oxygen atoms in total. The van der Waals surface area contributed by atoms with Crippen molar-refractivity contribution in [3.63, 3.8) is 0 Å². The van der Waals surface area contributed by atoms with Crippen LogP contribution in [0.1, 0.15) is 18.7 Å². The second-order valence-electron chi connectivity index (χ2n) is 2.88. The highest BCUT2D eigenvalue weighted by molar-refractivity contribution is 7.11. The van der Waals surface area contributed by atoms with Crippen LogP contribution in [0, 0.1) is 0 Å². The Balaban J connectivity index is 2.86. The van der Waals surface area contributed by atoms with Crippen molar-refractivity contribution in [2.75, 3.05) is 6.61 Å². The van der Waals surface area contributed by atoms with Crippen molar-refractivity contribution in [3.05, 3.63) is 40.6 Å². The standard InChI is InChI=1S/C12H14O2S/c1-4-10(11-7-6-8-15-11)9(3)12(13)14-5-2/h4,6-8H,3,5H2,1-2H3. The van der Waals surface area contributed by atoms with Crippen molar-refractivity contribution in [3.8, 4) is 0 Å². The highest BCUT2D eigenvalue weighted by atomic mass is 32.1. The van der Waals surface area contributed by atoms with Crippen molar-refractivity contribution in [2.45, 2.75) is 13.8 Å². The lowest BCUT2D eigenvalue weighted by Gasteiger charge is -2.07. The number of ether oxygens (including phenoxy) is 1. The molecule has 80 valence electrons. The van der Waals surface area contributed by atoms with Crippen LogP contribution in [0.3, 0.4) is 0 Å². The highest BCUT2D eigenvalue weighted by Crippen LogP contribution is 2.26. The Bertz CT molecular complexity index is 374. The number of carbonyl (C=O) groups excluding carboxylic acids is 1. The van der Waals surface area contributed by atoms with E-state index in [4.69, 9.17) is 4.74 Å². The quantitative estimate of drug-likeness (QED) is 0.444. The van der Waals surface area contributed by atoms with Crippen LogP contribution in [-0.4, -0.2) is 12.6 Å². The Morgan fingerprint density at radius 1 is 1.67 bits per heavy atom. The van der Waals surface area contributed by atoms with Crippen LogP contribution in [-0.2, 0) is 9.53 Å². The van der Waals surface area contributed by atoms with Gasteiger partial charge in [-0.15, -0.1) is 11.3 Å². The number of rotatable bonds is 4. The van der Waals surface area contributed by atoms with Gasteiger partial charge in [0.15, 0.2) is 0 Å². The van der Waals surface area contributed by atoms with E-state index in [1.165, 1.54) is 0 Å². The van der Waals surface area contributed by atoms with Crippen LogP contribution in [0.4, 0.5) is 0 Å². The maximum absolute atomic E-state index is 11.5. The first-order valence-electron chi connectivity index (χ1n) is 4.77. The molecule has 0 bridgehead atoms. The van der Waals surface area contributed by atoms with Crippen LogP contribution >= 0.6 is 11.3 Å². The SMILES string of the molecule is C=C(C(=O)OCC)C(=CC)c1cccs1. The largest absolute Gasteiger partial charge is 0.462 e. The molecule has 0 atom stereocenters. The van der Waals surface area contributed by atoms with E-state index in [1.54, 1.807) is 18.3 Å². The predicted octanol–water partition coefficient (Wildman–Crippen LogP) is 3.27. The maximum atomic E-state index is 11.5. The van der Waals surface area contributed by atoms with E-state index in [9.17, 15) is 4.79 Å². The number of hydrogen-bond donors (Lipinski definition) is 0. The van der Waals surface area contributed by atoms with Gasteiger partial charge in [0.2, 0.25) is 0 Å². The van der Waals surface area contributed by atoms with E-state index in [1.807, 2.05) is 30.5 Å². The molecule has 1 heterocycles.